The van der Waals surface area contributed by atoms with Crippen molar-refractivity contribution < 1.29 is 15.0 Å². The number of nitrogens with two attached hydrogens (primary N) is 1. The molecule has 1 rings (SSSR count). The fraction of sp³-hybridized carbons (Fsp3) is 0.143. The number of nitrogens with one attached hydrogen (secondary N) is 1. The first-order chi connectivity index (χ1) is 7.01. The number of anilines is 1. The number of ether oxygens (including phenoxy) is 1. The maximum absolute atomic E-state index is 8.36. The molecule has 0 aromatic heterocycles. The van der Waals surface area contributed by atoms with E-state index < -0.39 is 5.09 Å². The third-order valence-electron chi connectivity index (χ3n) is 1.32. The quantitative estimate of drug-likeness (QED) is 0.405. The number of halogens is 1. The lowest BCUT2D eigenvalue weighted by Gasteiger charge is -2.04. The molecule has 0 spiro atoms. The molecule has 15 heavy (non-hydrogen) atoms. The Hall–Kier alpha value is -1.73. The van der Waals surface area contributed by atoms with Gasteiger partial charge in [-0.25, -0.2) is 0 Å². The zero-order valence-corrected chi connectivity index (χ0v) is 8.56. The number of benzene rings is 1. The van der Waals surface area contributed by atoms with Gasteiger partial charge in [-0.05, 0) is 12.1 Å². The smallest absolute Gasteiger partial charge is 0.291 e. The van der Waals surface area contributed by atoms with Crippen molar-refractivity contribution in [2.45, 2.75) is 0 Å². The molecule has 0 unspecified atom stereocenters. The lowest BCUT2D eigenvalue weighted by molar-refractivity contribution is -0.742. The van der Waals surface area contributed by atoms with E-state index in [1.54, 1.807) is 25.3 Å². The summed E-state index contributed by atoms with van der Waals surface area (Å²) in [6, 6.07) is 5.21. The Kier molecular flexibility index (Phi) is 5.91. The summed E-state index contributed by atoms with van der Waals surface area (Å²) in [5, 5.41) is 14.2. The van der Waals surface area contributed by atoms with Gasteiger partial charge in [0, 0.05) is 6.07 Å². The van der Waals surface area contributed by atoms with Crippen molar-refractivity contribution in [3.8, 4) is 5.75 Å². The molecule has 0 aliphatic carbocycles. The highest BCUT2D eigenvalue weighted by atomic mass is 35.5. The van der Waals surface area contributed by atoms with Gasteiger partial charge in [0.2, 0.25) is 0 Å². The number of hydrogen-bond donors (Lipinski definition) is 3. The van der Waals surface area contributed by atoms with Gasteiger partial charge in [-0.15, -0.1) is 10.1 Å². The van der Waals surface area contributed by atoms with Crippen LogP contribution in [0.3, 0.4) is 0 Å². The van der Waals surface area contributed by atoms with Crippen LogP contribution in [-0.2, 0) is 0 Å². The predicted octanol–water partition coefficient (Wildman–Crippen LogP) is 1.29. The maximum atomic E-state index is 8.36. The van der Waals surface area contributed by atoms with Crippen LogP contribution in [0.25, 0.3) is 0 Å². The van der Waals surface area contributed by atoms with Crippen molar-refractivity contribution in [3.63, 3.8) is 0 Å². The van der Waals surface area contributed by atoms with Gasteiger partial charge >= 0.3 is 0 Å². The summed E-state index contributed by atoms with van der Waals surface area (Å²) in [5.41, 5.74) is 3.26. The third-order valence-corrected chi connectivity index (χ3v) is 1.63. The summed E-state index contributed by atoms with van der Waals surface area (Å²) in [4.78, 5) is 8.36. The van der Waals surface area contributed by atoms with Crippen LogP contribution >= 0.6 is 11.6 Å². The van der Waals surface area contributed by atoms with Gasteiger partial charge < -0.3 is 15.4 Å². The second kappa shape index (κ2) is 6.68. The molecule has 0 aliphatic rings. The largest absolute Gasteiger partial charge is 0.495 e. The van der Waals surface area contributed by atoms with E-state index >= 15 is 0 Å². The first-order valence-electron chi connectivity index (χ1n) is 3.64. The Morgan fingerprint density at radius 1 is 1.67 bits per heavy atom. The summed E-state index contributed by atoms with van der Waals surface area (Å²) in [6.45, 7) is 0. The Morgan fingerprint density at radius 2 is 2.20 bits per heavy atom. The molecule has 1 aromatic rings. The highest BCUT2D eigenvalue weighted by Crippen LogP contribution is 2.26. The number of hydrazine groups is 1. The molecule has 0 fully saturated rings. The van der Waals surface area contributed by atoms with E-state index in [2.05, 4.69) is 5.43 Å². The molecule has 0 heterocycles. The minimum atomic E-state index is -1.50. The fourth-order valence-corrected chi connectivity index (χ4v) is 0.944. The zero-order valence-electron chi connectivity index (χ0n) is 7.81. The van der Waals surface area contributed by atoms with Crippen molar-refractivity contribution >= 4 is 17.3 Å². The van der Waals surface area contributed by atoms with Gasteiger partial charge in [-0.2, -0.15) is 0 Å². The van der Waals surface area contributed by atoms with Gasteiger partial charge in [0.15, 0.2) is 0 Å². The standard InChI is InChI=1S/C7H9ClN2O.HNO3/c1-11-7-4-5(10-9)2-3-6(7)8;2-1(3)4/h2-4,10H,9H2,1H3;(H,2,3,4). The highest BCUT2D eigenvalue weighted by molar-refractivity contribution is 6.32. The molecule has 0 radical (unpaired) electrons. The number of nitrogen functional groups attached to an aromatic ring is 1. The van der Waals surface area contributed by atoms with Crippen molar-refractivity contribution in [2.75, 3.05) is 12.5 Å². The fourth-order valence-electron chi connectivity index (χ4n) is 0.750. The van der Waals surface area contributed by atoms with E-state index in [-0.39, 0.29) is 0 Å². The van der Waals surface area contributed by atoms with Crippen molar-refractivity contribution in [1.29, 1.82) is 0 Å². The second-order valence-corrected chi connectivity index (χ2v) is 2.64. The molecule has 0 aliphatic heterocycles. The average molecular weight is 236 g/mol. The Morgan fingerprint density at radius 3 is 2.60 bits per heavy atom. The van der Waals surface area contributed by atoms with E-state index in [1.807, 2.05) is 0 Å². The Labute approximate surface area is 90.5 Å². The molecule has 0 bridgehead atoms. The van der Waals surface area contributed by atoms with Crippen LogP contribution in [0.2, 0.25) is 5.02 Å². The molecule has 7 nitrogen and oxygen atoms in total. The molecule has 0 saturated heterocycles. The first-order valence-corrected chi connectivity index (χ1v) is 4.02. The Balaban J connectivity index is 0.000000423. The summed E-state index contributed by atoms with van der Waals surface area (Å²) in [6.07, 6.45) is 0. The SMILES string of the molecule is COc1cc(NN)ccc1Cl.O=[N+]([O-])O. The molecular weight excluding hydrogens is 226 g/mol. The topological polar surface area (TPSA) is 111 Å². The molecular formula is C7H10ClN3O4. The number of rotatable bonds is 2. The third kappa shape index (κ3) is 5.55. The zero-order chi connectivity index (χ0) is 11.8. The van der Waals surface area contributed by atoms with Crippen molar-refractivity contribution in [3.05, 3.63) is 33.3 Å². The first kappa shape index (κ1) is 13.3. The Bertz CT molecular complexity index is 330. The number of nitrogens with zero attached hydrogens (tertiary/aromatic N) is 1. The number of methoxy groups -OCH3 is 1. The molecule has 8 heteroatoms. The van der Waals surface area contributed by atoms with E-state index in [1.165, 1.54) is 0 Å². The van der Waals surface area contributed by atoms with Crippen LogP contribution in [0, 0.1) is 10.1 Å². The van der Waals surface area contributed by atoms with Crippen LogP contribution in [0.1, 0.15) is 0 Å². The van der Waals surface area contributed by atoms with Crippen LogP contribution in [0.4, 0.5) is 5.69 Å². The van der Waals surface area contributed by atoms with E-state index in [4.69, 9.17) is 37.5 Å². The van der Waals surface area contributed by atoms with E-state index in [0.717, 1.165) is 5.69 Å². The van der Waals surface area contributed by atoms with E-state index in [9.17, 15) is 0 Å². The average Bonchev–Trinajstić information content (AvgIpc) is 2.18. The summed E-state index contributed by atoms with van der Waals surface area (Å²) < 4.78 is 4.96. The molecule has 84 valence electrons. The highest BCUT2D eigenvalue weighted by Gasteiger charge is 1.99. The molecule has 0 amide bonds. The normalized spacial score (nSPS) is 8.47. The van der Waals surface area contributed by atoms with Crippen LogP contribution < -0.4 is 16.0 Å². The summed E-state index contributed by atoms with van der Waals surface area (Å²) in [7, 11) is 1.56. The molecule has 0 saturated carbocycles. The molecule has 0 atom stereocenters. The van der Waals surface area contributed by atoms with Gasteiger partial charge in [-0.3, -0.25) is 5.84 Å². The molecule has 4 N–H and O–H groups in total. The van der Waals surface area contributed by atoms with Crippen LogP contribution in [-0.4, -0.2) is 17.4 Å². The minimum absolute atomic E-state index is 0.575. The lowest BCUT2D eigenvalue weighted by Crippen LogP contribution is -2.06. The second-order valence-electron chi connectivity index (χ2n) is 2.23. The van der Waals surface area contributed by atoms with Crippen molar-refractivity contribution in [1.82, 2.24) is 0 Å². The van der Waals surface area contributed by atoms with Gasteiger partial charge in [-0.1, -0.05) is 11.6 Å². The van der Waals surface area contributed by atoms with Gasteiger partial charge in [0.05, 0.1) is 17.8 Å². The summed E-state index contributed by atoms with van der Waals surface area (Å²) in [5.74, 6) is 5.79. The van der Waals surface area contributed by atoms with Crippen LogP contribution in [0.5, 0.6) is 5.75 Å². The number of hydrogen-bond acceptors (Lipinski definition) is 5. The van der Waals surface area contributed by atoms with Crippen molar-refractivity contribution in [2.24, 2.45) is 5.84 Å². The molecule has 1 aromatic carbocycles. The maximum Gasteiger partial charge on any atom is 0.291 e. The van der Waals surface area contributed by atoms with E-state index in [0.29, 0.717) is 10.8 Å². The predicted molar refractivity (Wildman–Crippen MR) is 54.6 cm³/mol. The van der Waals surface area contributed by atoms with Crippen LogP contribution in [0.15, 0.2) is 18.2 Å². The summed E-state index contributed by atoms with van der Waals surface area (Å²) >= 11 is 5.76. The minimum Gasteiger partial charge on any atom is -0.495 e. The monoisotopic (exact) mass is 235 g/mol. The van der Waals surface area contributed by atoms with Gasteiger partial charge in [0.25, 0.3) is 5.09 Å². The lowest BCUT2D eigenvalue weighted by atomic mass is 10.3. The van der Waals surface area contributed by atoms with Gasteiger partial charge in [0.1, 0.15) is 5.75 Å².